The lowest BCUT2D eigenvalue weighted by atomic mass is 10.2. The number of rotatable bonds is 4. The molecule has 2 saturated heterocycles. The first-order valence-electron chi connectivity index (χ1n) is 9.98. The highest BCUT2D eigenvalue weighted by atomic mass is 32.2. The molecule has 0 aliphatic carbocycles. The Kier molecular flexibility index (Phi) is 7.52. The van der Waals surface area contributed by atoms with Gasteiger partial charge < -0.3 is 19.7 Å². The Balaban J connectivity index is 1.89. The molecule has 168 valence electrons. The number of ether oxygens (including phenoxy) is 2. The zero-order valence-electron chi connectivity index (χ0n) is 18.2. The summed E-state index contributed by atoms with van der Waals surface area (Å²) in [7, 11) is -3.60. The molecule has 11 heteroatoms. The molecule has 0 saturated carbocycles. The second-order valence-electron chi connectivity index (χ2n) is 8.67. The number of nitrogens with zero attached hydrogens (tertiary/aromatic N) is 3. The van der Waals surface area contributed by atoms with Gasteiger partial charge in [0, 0.05) is 39.3 Å². The lowest BCUT2D eigenvalue weighted by Gasteiger charge is -2.40. The molecule has 2 fully saturated rings. The van der Waals surface area contributed by atoms with Crippen LogP contribution >= 0.6 is 0 Å². The van der Waals surface area contributed by atoms with Gasteiger partial charge in [0.15, 0.2) is 0 Å². The van der Waals surface area contributed by atoms with E-state index >= 15 is 0 Å². The molecule has 3 unspecified atom stereocenters. The van der Waals surface area contributed by atoms with Crippen LogP contribution in [0.2, 0.25) is 0 Å². The van der Waals surface area contributed by atoms with Crippen LogP contribution in [-0.4, -0.2) is 97.0 Å². The molecule has 29 heavy (non-hydrogen) atoms. The maximum absolute atomic E-state index is 12.9. The highest BCUT2D eigenvalue weighted by Crippen LogP contribution is 2.19. The summed E-state index contributed by atoms with van der Waals surface area (Å²) in [5.74, 6) is -0.262. The Hall–Kier alpha value is -1.43. The number of piperazine rings is 1. The van der Waals surface area contributed by atoms with Crippen LogP contribution in [-0.2, 0) is 24.5 Å². The minimum atomic E-state index is -3.60. The molecular weight excluding hydrogens is 400 g/mol. The highest BCUT2D eigenvalue weighted by Gasteiger charge is 2.37. The van der Waals surface area contributed by atoms with E-state index in [9.17, 15) is 18.0 Å². The van der Waals surface area contributed by atoms with E-state index in [0.717, 1.165) is 0 Å². The number of hydrogen-bond acceptors (Lipinski definition) is 6. The molecule has 0 bridgehead atoms. The number of amides is 2. The van der Waals surface area contributed by atoms with E-state index in [1.807, 2.05) is 13.8 Å². The number of nitrogens with one attached hydrogen (secondary N) is 1. The third-order valence-corrected chi connectivity index (χ3v) is 6.66. The number of hydrogen-bond donors (Lipinski definition) is 1. The Morgan fingerprint density at radius 3 is 2.03 bits per heavy atom. The quantitative estimate of drug-likeness (QED) is 0.686. The first-order valence-corrected chi connectivity index (χ1v) is 11.4. The highest BCUT2D eigenvalue weighted by molar-refractivity contribution is 7.86. The Morgan fingerprint density at radius 2 is 1.55 bits per heavy atom. The van der Waals surface area contributed by atoms with Crippen molar-refractivity contribution in [2.75, 3.05) is 39.3 Å². The van der Waals surface area contributed by atoms with Crippen molar-refractivity contribution in [3.8, 4) is 0 Å². The Labute approximate surface area is 173 Å². The second-order valence-corrected chi connectivity index (χ2v) is 10.6. The predicted octanol–water partition coefficient (Wildman–Crippen LogP) is 0.398. The molecule has 0 radical (unpaired) electrons. The van der Waals surface area contributed by atoms with Crippen LogP contribution in [0.15, 0.2) is 0 Å². The number of morpholine rings is 1. The van der Waals surface area contributed by atoms with Crippen LogP contribution in [0.25, 0.3) is 0 Å². The van der Waals surface area contributed by atoms with E-state index in [2.05, 4.69) is 5.32 Å². The van der Waals surface area contributed by atoms with Gasteiger partial charge in [-0.3, -0.25) is 4.79 Å². The van der Waals surface area contributed by atoms with Crippen molar-refractivity contribution in [3.63, 3.8) is 0 Å². The zero-order valence-corrected chi connectivity index (χ0v) is 19.0. The van der Waals surface area contributed by atoms with Crippen molar-refractivity contribution < 1.29 is 27.5 Å². The van der Waals surface area contributed by atoms with E-state index in [-0.39, 0.29) is 44.3 Å². The van der Waals surface area contributed by atoms with Crippen molar-refractivity contribution in [1.29, 1.82) is 0 Å². The summed E-state index contributed by atoms with van der Waals surface area (Å²) in [5, 5.41) is 2.53. The fraction of sp³-hybridized carbons (Fsp3) is 0.889. The predicted molar refractivity (Wildman–Crippen MR) is 107 cm³/mol. The zero-order chi connectivity index (χ0) is 22.0. The van der Waals surface area contributed by atoms with E-state index in [1.165, 1.54) is 8.61 Å². The first-order chi connectivity index (χ1) is 13.3. The number of carbonyl (C=O) groups is 2. The summed E-state index contributed by atoms with van der Waals surface area (Å²) >= 11 is 0. The van der Waals surface area contributed by atoms with E-state index in [4.69, 9.17) is 9.47 Å². The van der Waals surface area contributed by atoms with Crippen LogP contribution in [0.4, 0.5) is 4.79 Å². The SMILES string of the molecule is CC1CN(S(=O)(=O)N2CCN(C(=O)C(C)NC(=O)OC(C)(C)C)CC2)CC(C)O1. The van der Waals surface area contributed by atoms with Gasteiger partial charge in [-0.05, 0) is 41.5 Å². The summed E-state index contributed by atoms with van der Waals surface area (Å²) < 4.78 is 39.5. The summed E-state index contributed by atoms with van der Waals surface area (Å²) in [5.41, 5.74) is -0.651. The van der Waals surface area contributed by atoms with Gasteiger partial charge in [0.1, 0.15) is 11.6 Å². The van der Waals surface area contributed by atoms with Crippen LogP contribution in [0, 0.1) is 0 Å². The summed E-state index contributed by atoms with van der Waals surface area (Å²) in [4.78, 5) is 26.0. The average molecular weight is 435 g/mol. The minimum absolute atomic E-state index is 0.156. The van der Waals surface area contributed by atoms with Gasteiger partial charge in [0.2, 0.25) is 5.91 Å². The molecule has 0 spiro atoms. The number of carbonyl (C=O) groups excluding carboxylic acids is 2. The van der Waals surface area contributed by atoms with E-state index in [0.29, 0.717) is 13.1 Å². The summed E-state index contributed by atoms with van der Waals surface area (Å²) in [6.45, 7) is 12.2. The maximum atomic E-state index is 12.9. The summed E-state index contributed by atoms with van der Waals surface area (Å²) in [6.07, 6.45) is -0.970. The van der Waals surface area contributed by atoms with Gasteiger partial charge in [-0.25, -0.2) is 4.79 Å². The fourth-order valence-corrected chi connectivity index (χ4v) is 5.19. The normalized spacial score (nSPS) is 26.1. The molecule has 0 aromatic heterocycles. The van der Waals surface area contributed by atoms with Crippen LogP contribution in [0.3, 0.4) is 0 Å². The molecule has 3 atom stereocenters. The minimum Gasteiger partial charge on any atom is -0.444 e. The molecule has 0 aromatic carbocycles. The van der Waals surface area contributed by atoms with E-state index < -0.39 is 27.9 Å². The third kappa shape index (κ3) is 6.53. The van der Waals surface area contributed by atoms with Crippen molar-refractivity contribution in [2.45, 2.75) is 65.4 Å². The lowest BCUT2D eigenvalue weighted by Crippen LogP contribution is -2.59. The molecule has 10 nitrogen and oxygen atoms in total. The maximum Gasteiger partial charge on any atom is 0.408 e. The molecule has 2 aliphatic rings. The largest absolute Gasteiger partial charge is 0.444 e. The smallest absolute Gasteiger partial charge is 0.408 e. The van der Waals surface area contributed by atoms with Crippen LogP contribution in [0.1, 0.15) is 41.5 Å². The van der Waals surface area contributed by atoms with Gasteiger partial charge in [0.25, 0.3) is 10.2 Å². The van der Waals surface area contributed by atoms with E-state index in [1.54, 1.807) is 32.6 Å². The lowest BCUT2D eigenvalue weighted by molar-refractivity contribution is -0.134. The van der Waals surface area contributed by atoms with Crippen LogP contribution < -0.4 is 5.32 Å². The molecule has 2 rings (SSSR count). The van der Waals surface area contributed by atoms with Crippen molar-refractivity contribution >= 4 is 22.2 Å². The van der Waals surface area contributed by atoms with Gasteiger partial charge in [-0.15, -0.1) is 0 Å². The standard InChI is InChI=1S/C18H34N4O6S/c1-13-11-22(12-14(2)27-13)29(25,26)21-9-7-20(8-10-21)16(23)15(3)19-17(24)28-18(4,5)6/h13-15H,7-12H2,1-6H3,(H,19,24). The van der Waals surface area contributed by atoms with Gasteiger partial charge in [-0.2, -0.15) is 17.0 Å². The topological polar surface area (TPSA) is 108 Å². The third-order valence-electron chi connectivity index (χ3n) is 4.69. The summed E-state index contributed by atoms with van der Waals surface area (Å²) in [6, 6.07) is -0.756. The Bertz CT molecular complexity index is 690. The molecule has 2 aliphatic heterocycles. The average Bonchev–Trinajstić information content (AvgIpc) is 2.58. The fourth-order valence-electron chi connectivity index (χ4n) is 3.44. The van der Waals surface area contributed by atoms with Crippen LogP contribution in [0.5, 0.6) is 0 Å². The van der Waals surface area contributed by atoms with Gasteiger partial charge in [0.05, 0.1) is 12.2 Å². The molecule has 0 aromatic rings. The van der Waals surface area contributed by atoms with Gasteiger partial charge in [-0.1, -0.05) is 0 Å². The first kappa shape index (κ1) is 23.8. The molecule has 1 N–H and O–H groups in total. The number of alkyl carbamates (subject to hydrolysis) is 1. The van der Waals surface area contributed by atoms with Crippen molar-refractivity contribution in [2.24, 2.45) is 0 Å². The Morgan fingerprint density at radius 1 is 1.03 bits per heavy atom. The van der Waals surface area contributed by atoms with Gasteiger partial charge >= 0.3 is 6.09 Å². The monoisotopic (exact) mass is 434 g/mol. The second kappa shape index (κ2) is 9.15. The van der Waals surface area contributed by atoms with Crippen molar-refractivity contribution in [3.05, 3.63) is 0 Å². The molecule has 2 amide bonds. The molecule has 2 heterocycles. The van der Waals surface area contributed by atoms with Crippen molar-refractivity contribution in [1.82, 2.24) is 18.8 Å². The molecular formula is C18H34N4O6S.